The number of benzene rings is 5. The van der Waals surface area contributed by atoms with Gasteiger partial charge < -0.3 is 4.74 Å². The molecule has 5 aromatic carbocycles. The molecule has 0 aliphatic heterocycles. The number of fused-ring (bicyclic) bond motifs is 2. The van der Waals surface area contributed by atoms with E-state index >= 15 is 0 Å². The predicted molar refractivity (Wildman–Crippen MR) is 117 cm³/mol. The predicted octanol–water partition coefficient (Wildman–Crippen LogP) is 6.92. The number of hydrogen-bond donors (Lipinski definition) is 0. The highest BCUT2D eigenvalue weighted by molar-refractivity contribution is 6.33. The van der Waals surface area contributed by atoms with Crippen LogP contribution in [-0.4, -0.2) is 5.97 Å². The van der Waals surface area contributed by atoms with Gasteiger partial charge in [-0.2, -0.15) is 0 Å². The summed E-state index contributed by atoms with van der Waals surface area (Å²) >= 11 is 0. The molecule has 0 radical (unpaired) electrons. The van der Waals surface area contributed by atoms with Crippen LogP contribution in [0.4, 0.5) is 0 Å². The first-order chi connectivity index (χ1) is 13.6. The Hall–Kier alpha value is -3.39. The van der Waals surface area contributed by atoms with Gasteiger partial charge >= 0.3 is 5.97 Å². The SMILES string of the molecule is C=C(C)C(=O)OC(C)c1ccc2c3cccc4cccc(c5cccc1c52)c43. The zero-order valence-electron chi connectivity index (χ0n) is 16.0. The molecular weight excluding hydrogens is 344 g/mol. The Balaban J connectivity index is 1.87. The molecule has 5 rings (SSSR count). The summed E-state index contributed by atoms with van der Waals surface area (Å²) in [4.78, 5) is 12.0. The van der Waals surface area contributed by atoms with Crippen LogP contribution >= 0.6 is 0 Å². The number of carbonyl (C=O) groups is 1. The maximum Gasteiger partial charge on any atom is 0.333 e. The first-order valence-corrected chi connectivity index (χ1v) is 9.51. The van der Waals surface area contributed by atoms with Gasteiger partial charge in [0.1, 0.15) is 6.10 Å². The molecule has 0 aliphatic carbocycles. The molecule has 0 fully saturated rings. The van der Waals surface area contributed by atoms with Crippen LogP contribution in [-0.2, 0) is 9.53 Å². The van der Waals surface area contributed by atoms with Gasteiger partial charge in [0.25, 0.3) is 0 Å². The molecule has 0 aliphatic rings. The fraction of sp³-hybridized carbons (Fsp3) is 0.115. The van der Waals surface area contributed by atoms with E-state index < -0.39 is 0 Å². The van der Waals surface area contributed by atoms with Crippen molar-refractivity contribution in [3.8, 4) is 0 Å². The van der Waals surface area contributed by atoms with Crippen molar-refractivity contribution >= 4 is 49.1 Å². The second kappa shape index (κ2) is 6.07. The summed E-state index contributed by atoms with van der Waals surface area (Å²) < 4.78 is 5.63. The lowest BCUT2D eigenvalue weighted by Gasteiger charge is -2.19. The summed E-state index contributed by atoms with van der Waals surface area (Å²) in [5.74, 6) is -0.358. The molecule has 1 atom stereocenters. The average molecular weight is 364 g/mol. The fourth-order valence-electron chi connectivity index (χ4n) is 4.35. The topological polar surface area (TPSA) is 26.3 Å². The van der Waals surface area contributed by atoms with Crippen molar-refractivity contribution in [1.29, 1.82) is 0 Å². The number of ether oxygens (including phenoxy) is 1. The van der Waals surface area contributed by atoms with Crippen molar-refractivity contribution in [2.75, 3.05) is 0 Å². The largest absolute Gasteiger partial charge is 0.454 e. The zero-order valence-corrected chi connectivity index (χ0v) is 16.0. The van der Waals surface area contributed by atoms with Crippen LogP contribution in [0.1, 0.15) is 25.5 Å². The molecule has 0 heterocycles. The molecule has 2 nitrogen and oxygen atoms in total. The highest BCUT2D eigenvalue weighted by atomic mass is 16.5. The second-order valence-corrected chi connectivity index (χ2v) is 7.47. The van der Waals surface area contributed by atoms with Gasteiger partial charge in [-0.25, -0.2) is 4.79 Å². The molecule has 0 aromatic heterocycles. The Morgan fingerprint density at radius 3 is 1.96 bits per heavy atom. The van der Waals surface area contributed by atoms with E-state index in [1.807, 2.05) is 6.92 Å². The molecule has 0 saturated heterocycles. The van der Waals surface area contributed by atoms with Crippen LogP contribution in [0.3, 0.4) is 0 Å². The number of rotatable bonds is 3. The summed E-state index contributed by atoms with van der Waals surface area (Å²) in [6.45, 7) is 7.28. The Kier molecular flexibility index (Phi) is 3.63. The summed E-state index contributed by atoms with van der Waals surface area (Å²) in [6, 6.07) is 23.6. The summed E-state index contributed by atoms with van der Waals surface area (Å²) in [6.07, 6.45) is -0.346. The average Bonchev–Trinajstić information content (AvgIpc) is 2.71. The highest BCUT2D eigenvalue weighted by Gasteiger charge is 2.18. The highest BCUT2D eigenvalue weighted by Crippen LogP contribution is 2.42. The molecule has 28 heavy (non-hydrogen) atoms. The molecule has 0 spiro atoms. The Morgan fingerprint density at radius 2 is 1.32 bits per heavy atom. The molecule has 0 amide bonds. The van der Waals surface area contributed by atoms with Gasteiger partial charge in [0, 0.05) is 11.1 Å². The van der Waals surface area contributed by atoms with Gasteiger partial charge in [0.05, 0.1) is 0 Å². The van der Waals surface area contributed by atoms with Gasteiger partial charge in [-0.3, -0.25) is 0 Å². The third-order valence-electron chi connectivity index (χ3n) is 5.63. The van der Waals surface area contributed by atoms with Crippen molar-refractivity contribution in [3.05, 3.63) is 84.4 Å². The Labute approximate surface area is 163 Å². The van der Waals surface area contributed by atoms with E-state index in [1.165, 1.54) is 37.7 Å². The second-order valence-electron chi connectivity index (χ2n) is 7.47. The van der Waals surface area contributed by atoms with Crippen LogP contribution in [0.2, 0.25) is 0 Å². The van der Waals surface area contributed by atoms with E-state index in [0.717, 1.165) is 10.9 Å². The van der Waals surface area contributed by atoms with Crippen LogP contribution in [0, 0.1) is 0 Å². The standard InChI is InChI=1S/C26H20O2/c1-15(2)26(27)28-16(3)18-13-14-23-21-10-5-8-17-7-4-9-20(24(17)21)22-12-6-11-19(18)25(22)23/h4-14,16H,1H2,2-3H3. The Bertz CT molecular complexity index is 1340. The summed E-state index contributed by atoms with van der Waals surface area (Å²) in [5, 5.41) is 9.90. The zero-order chi connectivity index (χ0) is 19.4. The maximum absolute atomic E-state index is 12.0. The van der Waals surface area contributed by atoms with Crippen LogP contribution < -0.4 is 0 Å². The molecule has 0 bridgehead atoms. The van der Waals surface area contributed by atoms with E-state index in [1.54, 1.807) is 6.92 Å². The van der Waals surface area contributed by atoms with Crippen molar-refractivity contribution in [2.24, 2.45) is 0 Å². The van der Waals surface area contributed by atoms with E-state index in [-0.39, 0.29) is 12.1 Å². The van der Waals surface area contributed by atoms with Gasteiger partial charge in [0.2, 0.25) is 0 Å². The smallest absolute Gasteiger partial charge is 0.333 e. The number of hydrogen-bond acceptors (Lipinski definition) is 2. The normalized spacial score (nSPS) is 12.8. The van der Waals surface area contributed by atoms with Gasteiger partial charge in [-0.1, -0.05) is 73.3 Å². The van der Waals surface area contributed by atoms with Crippen molar-refractivity contribution < 1.29 is 9.53 Å². The maximum atomic E-state index is 12.0. The van der Waals surface area contributed by atoms with Gasteiger partial charge in [-0.15, -0.1) is 0 Å². The lowest BCUT2D eigenvalue weighted by molar-refractivity contribution is -0.143. The molecule has 0 saturated carbocycles. The third-order valence-corrected chi connectivity index (χ3v) is 5.63. The van der Waals surface area contributed by atoms with Crippen molar-refractivity contribution in [3.63, 3.8) is 0 Å². The van der Waals surface area contributed by atoms with Gasteiger partial charge in [0.15, 0.2) is 0 Å². The Morgan fingerprint density at radius 1 is 0.786 bits per heavy atom. The first kappa shape index (κ1) is 16.8. The molecule has 1 unspecified atom stereocenters. The molecule has 136 valence electrons. The number of esters is 1. The third kappa shape index (κ3) is 2.31. The van der Waals surface area contributed by atoms with Crippen LogP contribution in [0.5, 0.6) is 0 Å². The van der Waals surface area contributed by atoms with E-state index in [4.69, 9.17) is 4.74 Å². The molecule has 2 heteroatoms. The van der Waals surface area contributed by atoms with E-state index in [9.17, 15) is 4.79 Å². The lowest BCUT2D eigenvalue weighted by Crippen LogP contribution is -2.09. The molecule has 5 aromatic rings. The quantitative estimate of drug-likeness (QED) is 0.150. The van der Waals surface area contributed by atoms with E-state index in [2.05, 4.69) is 73.3 Å². The molecular formula is C26H20O2. The molecule has 0 N–H and O–H groups in total. The minimum atomic E-state index is -0.358. The fourth-order valence-corrected chi connectivity index (χ4v) is 4.35. The van der Waals surface area contributed by atoms with Crippen LogP contribution in [0.15, 0.2) is 78.9 Å². The van der Waals surface area contributed by atoms with Crippen molar-refractivity contribution in [2.45, 2.75) is 20.0 Å². The number of carbonyl (C=O) groups excluding carboxylic acids is 1. The van der Waals surface area contributed by atoms with Crippen molar-refractivity contribution in [1.82, 2.24) is 0 Å². The summed E-state index contributed by atoms with van der Waals surface area (Å²) in [7, 11) is 0. The first-order valence-electron chi connectivity index (χ1n) is 9.51. The summed E-state index contributed by atoms with van der Waals surface area (Å²) in [5.41, 5.74) is 1.43. The lowest BCUT2D eigenvalue weighted by atomic mass is 9.87. The monoisotopic (exact) mass is 364 g/mol. The van der Waals surface area contributed by atoms with Crippen LogP contribution in [0.25, 0.3) is 43.1 Å². The minimum Gasteiger partial charge on any atom is -0.454 e. The van der Waals surface area contributed by atoms with E-state index in [0.29, 0.717) is 5.57 Å². The minimum absolute atomic E-state index is 0.346. The van der Waals surface area contributed by atoms with Gasteiger partial charge in [-0.05, 0) is 56.9 Å².